The van der Waals surface area contributed by atoms with Gasteiger partial charge in [-0.1, -0.05) is 42.5 Å². The van der Waals surface area contributed by atoms with Gasteiger partial charge in [0.1, 0.15) is 5.69 Å². The average molecular weight is 354 g/mol. The van der Waals surface area contributed by atoms with E-state index in [4.69, 9.17) is 5.10 Å². The van der Waals surface area contributed by atoms with Gasteiger partial charge < -0.3 is 5.32 Å². The number of aryl methyl sites for hydroxylation is 1. The fraction of sp³-hybridized carbons (Fsp3) is 0.0455. The van der Waals surface area contributed by atoms with Crippen LogP contribution in [0.25, 0.3) is 16.9 Å². The van der Waals surface area contributed by atoms with Crippen molar-refractivity contribution in [3.8, 4) is 16.9 Å². The highest BCUT2D eigenvalue weighted by Crippen LogP contribution is 2.27. The van der Waals surface area contributed by atoms with Crippen molar-refractivity contribution in [2.24, 2.45) is 0 Å². The van der Waals surface area contributed by atoms with Gasteiger partial charge in [-0.2, -0.15) is 5.10 Å². The monoisotopic (exact) mass is 354 g/mol. The number of pyridine rings is 1. The summed E-state index contributed by atoms with van der Waals surface area (Å²) in [5.41, 5.74) is 4.77. The first-order valence-electron chi connectivity index (χ1n) is 8.65. The van der Waals surface area contributed by atoms with Crippen molar-refractivity contribution >= 4 is 11.6 Å². The van der Waals surface area contributed by atoms with E-state index in [9.17, 15) is 4.79 Å². The molecule has 5 nitrogen and oxygen atoms in total. The van der Waals surface area contributed by atoms with Gasteiger partial charge in [0.25, 0.3) is 5.91 Å². The van der Waals surface area contributed by atoms with Crippen LogP contribution in [0.4, 0.5) is 5.69 Å². The van der Waals surface area contributed by atoms with Crippen LogP contribution < -0.4 is 5.32 Å². The summed E-state index contributed by atoms with van der Waals surface area (Å²) in [6.07, 6.45) is 5.06. The predicted molar refractivity (Wildman–Crippen MR) is 106 cm³/mol. The van der Waals surface area contributed by atoms with Gasteiger partial charge in [0, 0.05) is 29.8 Å². The zero-order chi connectivity index (χ0) is 18.6. The van der Waals surface area contributed by atoms with Crippen LogP contribution in [0, 0.1) is 6.92 Å². The fourth-order valence-electron chi connectivity index (χ4n) is 2.92. The molecule has 132 valence electrons. The zero-order valence-corrected chi connectivity index (χ0v) is 14.8. The quantitative estimate of drug-likeness (QED) is 0.587. The number of benzene rings is 2. The molecule has 0 aliphatic carbocycles. The third-order valence-corrected chi connectivity index (χ3v) is 4.32. The lowest BCUT2D eigenvalue weighted by molar-refractivity contribution is 0.102. The molecule has 5 heteroatoms. The maximum atomic E-state index is 13.0. The summed E-state index contributed by atoms with van der Waals surface area (Å²) in [4.78, 5) is 17.0. The second-order valence-electron chi connectivity index (χ2n) is 6.18. The topological polar surface area (TPSA) is 59.8 Å². The first-order valence-corrected chi connectivity index (χ1v) is 8.65. The van der Waals surface area contributed by atoms with Gasteiger partial charge in [-0.05, 0) is 36.8 Å². The SMILES string of the molecule is Cc1ccccc1-c1nn(-c2ccccc2)cc1C(=O)Nc1ccncc1. The van der Waals surface area contributed by atoms with Gasteiger partial charge >= 0.3 is 0 Å². The normalized spacial score (nSPS) is 10.6. The molecule has 0 aliphatic rings. The highest BCUT2D eigenvalue weighted by Gasteiger charge is 2.20. The molecule has 2 heterocycles. The summed E-state index contributed by atoms with van der Waals surface area (Å²) in [7, 11) is 0. The number of nitrogens with zero attached hydrogens (tertiary/aromatic N) is 3. The Morgan fingerprint density at radius 3 is 2.37 bits per heavy atom. The molecular formula is C22H18N4O. The van der Waals surface area contributed by atoms with Crippen molar-refractivity contribution in [2.45, 2.75) is 6.92 Å². The highest BCUT2D eigenvalue weighted by molar-refractivity contribution is 6.08. The third kappa shape index (κ3) is 3.48. The van der Waals surface area contributed by atoms with Gasteiger partial charge in [-0.3, -0.25) is 9.78 Å². The van der Waals surface area contributed by atoms with Crippen LogP contribution in [0.1, 0.15) is 15.9 Å². The summed E-state index contributed by atoms with van der Waals surface area (Å²) in [6, 6.07) is 21.2. The molecule has 2 aromatic heterocycles. The second-order valence-corrected chi connectivity index (χ2v) is 6.18. The van der Waals surface area contributed by atoms with Gasteiger partial charge in [0.2, 0.25) is 0 Å². The molecule has 0 atom stereocenters. The lowest BCUT2D eigenvalue weighted by Gasteiger charge is -2.06. The first-order chi connectivity index (χ1) is 13.2. The van der Waals surface area contributed by atoms with Crippen molar-refractivity contribution in [1.29, 1.82) is 0 Å². The lowest BCUT2D eigenvalue weighted by Crippen LogP contribution is -2.12. The van der Waals surface area contributed by atoms with Crippen LogP contribution in [0.15, 0.2) is 85.3 Å². The number of nitrogens with one attached hydrogen (secondary N) is 1. The number of aromatic nitrogens is 3. The van der Waals surface area contributed by atoms with Crippen molar-refractivity contribution in [2.75, 3.05) is 5.32 Å². The minimum Gasteiger partial charge on any atom is -0.322 e. The van der Waals surface area contributed by atoms with Crippen molar-refractivity contribution in [3.05, 3.63) is 96.4 Å². The molecule has 27 heavy (non-hydrogen) atoms. The van der Waals surface area contributed by atoms with E-state index in [2.05, 4.69) is 10.3 Å². The average Bonchev–Trinajstić information content (AvgIpc) is 3.15. The Labute approximate surface area is 157 Å². The van der Waals surface area contributed by atoms with Crippen LogP contribution >= 0.6 is 0 Å². The predicted octanol–water partition coefficient (Wildman–Crippen LogP) is 4.50. The lowest BCUT2D eigenvalue weighted by atomic mass is 10.0. The molecule has 0 fully saturated rings. The Balaban J connectivity index is 1.80. The Bertz CT molecular complexity index is 1070. The van der Waals surface area contributed by atoms with E-state index in [0.717, 1.165) is 16.8 Å². The van der Waals surface area contributed by atoms with Crippen LogP contribution in [-0.2, 0) is 0 Å². The maximum absolute atomic E-state index is 13.0. The van der Waals surface area contributed by atoms with Gasteiger partial charge in [-0.15, -0.1) is 0 Å². The zero-order valence-electron chi connectivity index (χ0n) is 14.8. The number of anilines is 1. The van der Waals surface area contributed by atoms with E-state index in [1.54, 1.807) is 35.4 Å². The summed E-state index contributed by atoms with van der Waals surface area (Å²) in [6.45, 7) is 2.02. The largest absolute Gasteiger partial charge is 0.322 e. The number of carbonyl (C=O) groups excluding carboxylic acids is 1. The number of amides is 1. The van der Waals surface area contributed by atoms with Crippen LogP contribution in [0.5, 0.6) is 0 Å². The molecule has 0 aliphatic heterocycles. The van der Waals surface area contributed by atoms with Crippen molar-refractivity contribution < 1.29 is 4.79 Å². The van der Waals surface area contributed by atoms with Gasteiger partial charge in [0.05, 0.1) is 11.3 Å². The summed E-state index contributed by atoms with van der Waals surface area (Å²) < 4.78 is 1.74. The van der Waals surface area contributed by atoms with Crippen molar-refractivity contribution in [3.63, 3.8) is 0 Å². The van der Waals surface area contributed by atoms with Crippen LogP contribution in [0.3, 0.4) is 0 Å². The molecule has 0 saturated carbocycles. The molecule has 0 unspecified atom stereocenters. The molecule has 0 spiro atoms. The van der Waals surface area contributed by atoms with Crippen LogP contribution in [0.2, 0.25) is 0 Å². The molecule has 4 rings (SSSR count). The third-order valence-electron chi connectivity index (χ3n) is 4.32. The minimum atomic E-state index is -0.207. The second kappa shape index (κ2) is 7.25. The summed E-state index contributed by atoms with van der Waals surface area (Å²) in [5, 5.41) is 7.64. The number of para-hydroxylation sites is 1. The maximum Gasteiger partial charge on any atom is 0.259 e. The summed E-state index contributed by atoms with van der Waals surface area (Å²) in [5.74, 6) is -0.207. The Hall–Kier alpha value is -3.73. The Morgan fingerprint density at radius 2 is 1.63 bits per heavy atom. The van der Waals surface area contributed by atoms with E-state index >= 15 is 0 Å². The highest BCUT2D eigenvalue weighted by atomic mass is 16.1. The molecule has 0 radical (unpaired) electrons. The van der Waals surface area contributed by atoms with Crippen molar-refractivity contribution in [1.82, 2.24) is 14.8 Å². The van der Waals surface area contributed by atoms with E-state index in [1.807, 2.05) is 61.5 Å². The van der Waals surface area contributed by atoms with E-state index in [1.165, 1.54) is 0 Å². The number of rotatable bonds is 4. The summed E-state index contributed by atoms with van der Waals surface area (Å²) >= 11 is 0. The van der Waals surface area contributed by atoms with Gasteiger partial charge in [-0.25, -0.2) is 4.68 Å². The molecular weight excluding hydrogens is 336 g/mol. The van der Waals surface area contributed by atoms with E-state index in [0.29, 0.717) is 16.9 Å². The Kier molecular flexibility index (Phi) is 4.49. The standard InChI is InChI=1S/C22H18N4O/c1-16-7-5-6-10-19(16)21-20(22(27)24-17-11-13-23-14-12-17)15-26(25-21)18-8-3-2-4-9-18/h2-15H,1H3,(H,23,24,27). The molecule has 2 aromatic carbocycles. The van der Waals surface area contributed by atoms with Gasteiger partial charge in [0.15, 0.2) is 0 Å². The van der Waals surface area contributed by atoms with E-state index in [-0.39, 0.29) is 5.91 Å². The fourth-order valence-corrected chi connectivity index (χ4v) is 2.92. The minimum absolute atomic E-state index is 0.207. The number of carbonyl (C=O) groups is 1. The van der Waals surface area contributed by atoms with E-state index < -0.39 is 0 Å². The molecule has 4 aromatic rings. The molecule has 1 N–H and O–H groups in total. The smallest absolute Gasteiger partial charge is 0.259 e. The number of hydrogen-bond acceptors (Lipinski definition) is 3. The molecule has 0 bridgehead atoms. The van der Waals surface area contributed by atoms with Crippen LogP contribution in [-0.4, -0.2) is 20.7 Å². The molecule has 0 saturated heterocycles. The molecule has 1 amide bonds. The number of hydrogen-bond donors (Lipinski definition) is 1. The first kappa shape index (κ1) is 16.7. The Morgan fingerprint density at radius 1 is 0.926 bits per heavy atom.